The first-order chi connectivity index (χ1) is 13.5. The third-order valence-corrected chi connectivity index (χ3v) is 6.95. The average molecular weight is 398 g/mol. The summed E-state index contributed by atoms with van der Waals surface area (Å²) in [4.78, 5) is 17.1. The van der Waals surface area contributed by atoms with Crippen LogP contribution in [0.5, 0.6) is 0 Å². The quantitative estimate of drug-likeness (QED) is 0.686. The van der Waals surface area contributed by atoms with E-state index in [1.807, 2.05) is 0 Å². The van der Waals surface area contributed by atoms with Crippen LogP contribution in [0.4, 0.5) is 11.4 Å². The lowest BCUT2D eigenvalue weighted by Gasteiger charge is -2.40. The van der Waals surface area contributed by atoms with E-state index in [1.54, 1.807) is 36.4 Å². The molecule has 1 aromatic carbocycles. The molecule has 2 aromatic heterocycles. The molecule has 4 heterocycles. The standard InChI is InChI=1S/C19H18N4O4S/c24-18-19(8-4-10-27-12-19)22-16-14-7-9-23(17(14)20-11-15(16)21-18)28(25,26)13-5-2-1-3-6-13/h1-3,5-7,9,11,22H,4,8,10,12H2,(H,21,24). The topological polar surface area (TPSA) is 102 Å². The molecule has 144 valence electrons. The number of aromatic nitrogens is 2. The highest BCUT2D eigenvalue weighted by molar-refractivity contribution is 7.90. The Morgan fingerprint density at radius 1 is 1.18 bits per heavy atom. The average Bonchev–Trinajstić information content (AvgIpc) is 3.16. The van der Waals surface area contributed by atoms with E-state index in [1.165, 1.54) is 16.4 Å². The van der Waals surface area contributed by atoms with Gasteiger partial charge in [-0.05, 0) is 31.0 Å². The number of rotatable bonds is 2. The zero-order valence-electron chi connectivity index (χ0n) is 14.9. The number of benzene rings is 1. The van der Waals surface area contributed by atoms with E-state index < -0.39 is 15.6 Å². The molecule has 1 atom stereocenters. The smallest absolute Gasteiger partial charge is 0.269 e. The second-order valence-corrected chi connectivity index (χ2v) is 8.85. The lowest BCUT2D eigenvalue weighted by molar-refractivity contribution is -0.124. The molecule has 2 aliphatic rings. The van der Waals surface area contributed by atoms with E-state index in [-0.39, 0.29) is 17.4 Å². The Labute approximate surface area is 161 Å². The molecule has 0 saturated carbocycles. The summed E-state index contributed by atoms with van der Waals surface area (Å²) >= 11 is 0. The summed E-state index contributed by atoms with van der Waals surface area (Å²) in [5.41, 5.74) is 0.652. The molecule has 0 aliphatic carbocycles. The molecule has 1 fully saturated rings. The van der Waals surface area contributed by atoms with Crippen LogP contribution in [0.1, 0.15) is 12.8 Å². The molecular weight excluding hydrogens is 380 g/mol. The summed E-state index contributed by atoms with van der Waals surface area (Å²) in [6.45, 7) is 0.895. The highest BCUT2D eigenvalue weighted by Gasteiger charge is 2.44. The number of nitrogens with zero attached hydrogens (tertiary/aromatic N) is 2. The summed E-state index contributed by atoms with van der Waals surface area (Å²) < 4.78 is 32.8. The van der Waals surface area contributed by atoms with E-state index in [0.717, 1.165) is 6.42 Å². The zero-order chi connectivity index (χ0) is 19.4. The fourth-order valence-corrected chi connectivity index (χ4v) is 5.13. The van der Waals surface area contributed by atoms with Gasteiger partial charge in [-0.3, -0.25) is 4.79 Å². The number of fused-ring (bicyclic) bond motifs is 3. The van der Waals surface area contributed by atoms with Crippen LogP contribution in [0, 0.1) is 0 Å². The number of anilines is 2. The number of amides is 1. The van der Waals surface area contributed by atoms with Crippen molar-refractivity contribution in [3.8, 4) is 0 Å². The van der Waals surface area contributed by atoms with Crippen LogP contribution >= 0.6 is 0 Å². The van der Waals surface area contributed by atoms with Crippen LogP contribution in [0.15, 0.2) is 53.7 Å². The van der Waals surface area contributed by atoms with Crippen LogP contribution in [-0.2, 0) is 19.6 Å². The highest BCUT2D eigenvalue weighted by atomic mass is 32.2. The Bertz CT molecular complexity index is 1180. The number of carbonyl (C=O) groups excluding carboxylic acids is 1. The van der Waals surface area contributed by atoms with Crippen molar-refractivity contribution >= 4 is 38.3 Å². The maximum absolute atomic E-state index is 13.0. The minimum absolute atomic E-state index is 0.155. The van der Waals surface area contributed by atoms with Gasteiger partial charge in [0.15, 0.2) is 5.65 Å². The van der Waals surface area contributed by atoms with Crippen LogP contribution in [0.2, 0.25) is 0 Å². The largest absolute Gasteiger partial charge is 0.378 e. The van der Waals surface area contributed by atoms with E-state index in [0.29, 0.717) is 35.4 Å². The van der Waals surface area contributed by atoms with Gasteiger partial charge in [0.05, 0.1) is 29.1 Å². The van der Waals surface area contributed by atoms with E-state index >= 15 is 0 Å². The van der Waals surface area contributed by atoms with Crippen molar-refractivity contribution in [1.29, 1.82) is 0 Å². The molecule has 28 heavy (non-hydrogen) atoms. The van der Waals surface area contributed by atoms with Gasteiger partial charge in [-0.1, -0.05) is 18.2 Å². The lowest BCUT2D eigenvalue weighted by atomic mass is 9.89. The van der Waals surface area contributed by atoms with E-state index in [9.17, 15) is 13.2 Å². The molecule has 1 amide bonds. The molecule has 2 aliphatic heterocycles. The van der Waals surface area contributed by atoms with Crippen molar-refractivity contribution in [2.45, 2.75) is 23.3 Å². The van der Waals surface area contributed by atoms with Gasteiger partial charge in [0, 0.05) is 18.2 Å². The predicted octanol–water partition coefficient (Wildman–Crippen LogP) is 2.19. The monoisotopic (exact) mass is 398 g/mol. The fraction of sp³-hybridized carbons (Fsp3) is 0.263. The Morgan fingerprint density at radius 2 is 2.00 bits per heavy atom. The number of hydrogen-bond donors (Lipinski definition) is 2. The number of nitrogens with one attached hydrogen (secondary N) is 2. The summed E-state index contributed by atoms with van der Waals surface area (Å²) in [6, 6.07) is 9.91. The Balaban J connectivity index is 1.65. The molecule has 8 nitrogen and oxygen atoms in total. The third kappa shape index (κ3) is 2.43. The van der Waals surface area contributed by atoms with Crippen molar-refractivity contribution in [1.82, 2.24) is 8.96 Å². The van der Waals surface area contributed by atoms with Crippen LogP contribution in [0.25, 0.3) is 11.0 Å². The van der Waals surface area contributed by atoms with Crippen LogP contribution in [-0.4, -0.2) is 42.0 Å². The lowest BCUT2D eigenvalue weighted by Crippen LogP contribution is -2.57. The molecule has 1 unspecified atom stereocenters. The summed E-state index contributed by atoms with van der Waals surface area (Å²) in [6.07, 6.45) is 4.39. The molecular formula is C19H18N4O4S. The van der Waals surface area contributed by atoms with Crippen molar-refractivity contribution in [3.05, 3.63) is 48.8 Å². The van der Waals surface area contributed by atoms with E-state index in [2.05, 4.69) is 15.6 Å². The molecule has 1 spiro atoms. The Morgan fingerprint density at radius 3 is 2.75 bits per heavy atom. The van der Waals surface area contributed by atoms with Gasteiger partial charge >= 0.3 is 0 Å². The van der Waals surface area contributed by atoms with Gasteiger partial charge in [-0.25, -0.2) is 17.4 Å². The summed E-state index contributed by atoms with van der Waals surface area (Å²) in [5.74, 6) is -0.155. The highest BCUT2D eigenvalue weighted by Crippen LogP contribution is 2.39. The number of ether oxygens (including phenoxy) is 1. The molecule has 1 saturated heterocycles. The summed E-state index contributed by atoms with van der Waals surface area (Å²) in [5, 5.41) is 6.84. The Hall–Kier alpha value is -2.91. The minimum Gasteiger partial charge on any atom is -0.378 e. The maximum Gasteiger partial charge on any atom is 0.269 e. The van der Waals surface area contributed by atoms with E-state index in [4.69, 9.17) is 4.74 Å². The predicted molar refractivity (Wildman–Crippen MR) is 104 cm³/mol. The first-order valence-electron chi connectivity index (χ1n) is 8.99. The maximum atomic E-state index is 13.0. The first-order valence-corrected chi connectivity index (χ1v) is 10.4. The van der Waals surface area contributed by atoms with Crippen LogP contribution in [0.3, 0.4) is 0 Å². The fourth-order valence-electron chi connectivity index (χ4n) is 3.80. The minimum atomic E-state index is -3.78. The molecule has 3 aromatic rings. The first kappa shape index (κ1) is 17.2. The van der Waals surface area contributed by atoms with Gasteiger partial charge in [0.2, 0.25) is 0 Å². The van der Waals surface area contributed by atoms with Gasteiger partial charge in [-0.2, -0.15) is 0 Å². The number of pyridine rings is 1. The normalized spacial score (nSPS) is 21.9. The van der Waals surface area contributed by atoms with Gasteiger partial charge in [0.25, 0.3) is 15.9 Å². The molecule has 0 radical (unpaired) electrons. The second-order valence-electron chi connectivity index (χ2n) is 7.03. The van der Waals surface area contributed by atoms with Crippen molar-refractivity contribution in [3.63, 3.8) is 0 Å². The van der Waals surface area contributed by atoms with Crippen molar-refractivity contribution < 1.29 is 17.9 Å². The molecule has 9 heteroatoms. The van der Waals surface area contributed by atoms with Gasteiger partial charge < -0.3 is 15.4 Å². The van der Waals surface area contributed by atoms with Crippen molar-refractivity contribution in [2.24, 2.45) is 0 Å². The number of carbonyl (C=O) groups is 1. The molecule has 0 bridgehead atoms. The number of hydrogen-bond acceptors (Lipinski definition) is 6. The van der Waals surface area contributed by atoms with Crippen molar-refractivity contribution in [2.75, 3.05) is 23.8 Å². The molecule has 5 rings (SSSR count). The van der Waals surface area contributed by atoms with Gasteiger partial charge in [0.1, 0.15) is 5.54 Å². The second kappa shape index (κ2) is 6.05. The van der Waals surface area contributed by atoms with Crippen LogP contribution < -0.4 is 10.6 Å². The van der Waals surface area contributed by atoms with Gasteiger partial charge in [-0.15, -0.1) is 0 Å². The Kier molecular flexibility index (Phi) is 3.72. The summed E-state index contributed by atoms with van der Waals surface area (Å²) in [7, 11) is -3.78. The third-order valence-electron chi connectivity index (χ3n) is 5.27. The molecule has 2 N–H and O–H groups in total. The SMILES string of the molecule is O=C1Nc2cnc3c(ccn3S(=O)(=O)c3ccccc3)c2NC12CCCOC2. The zero-order valence-corrected chi connectivity index (χ0v) is 15.7.